The number of aliphatic hydroxyl groups excluding tert-OH is 1. The van der Waals surface area contributed by atoms with Gasteiger partial charge < -0.3 is 19.7 Å². The molecule has 4 aromatic rings. The van der Waals surface area contributed by atoms with Crippen LogP contribution in [0.5, 0.6) is 5.75 Å². The molecule has 0 aliphatic carbocycles. The molecule has 1 aliphatic heterocycles. The summed E-state index contributed by atoms with van der Waals surface area (Å²) in [4.78, 5) is 35.2. The molecule has 1 amide bonds. The van der Waals surface area contributed by atoms with Crippen molar-refractivity contribution in [2.45, 2.75) is 12.6 Å². The molecule has 3 heterocycles. The highest BCUT2D eigenvalue weighted by molar-refractivity contribution is 6.46. The SMILES string of the molecule is COc1ccc(/C(O)=C2\C(=O)C(=O)N(Cc3ccncc3)C2c2c[nH]c3ccccc23)cc1Cl. The van der Waals surface area contributed by atoms with Crippen LogP contribution in [0.4, 0.5) is 0 Å². The van der Waals surface area contributed by atoms with Gasteiger partial charge >= 0.3 is 0 Å². The summed E-state index contributed by atoms with van der Waals surface area (Å²) >= 11 is 6.26. The number of carbonyl (C=O) groups excluding carboxylic acids is 2. The van der Waals surface area contributed by atoms with Crippen LogP contribution < -0.4 is 4.74 Å². The summed E-state index contributed by atoms with van der Waals surface area (Å²) in [7, 11) is 1.49. The molecule has 2 aromatic heterocycles. The van der Waals surface area contributed by atoms with Crippen LogP contribution in [-0.2, 0) is 16.1 Å². The van der Waals surface area contributed by atoms with E-state index in [-0.39, 0.29) is 22.9 Å². The van der Waals surface area contributed by atoms with Crippen LogP contribution in [0.3, 0.4) is 0 Å². The third-order valence-corrected chi connectivity index (χ3v) is 6.28. The highest BCUT2D eigenvalue weighted by atomic mass is 35.5. The third kappa shape index (κ3) is 3.60. The van der Waals surface area contributed by atoms with Crippen LogP contribution in [0.15, 0.2) is 78.8 Å². The lowest BCUT2D eigenvalue weighted by molar-refractivity contribution is -0.140. The van der Waals surface area contributed by atoms with E-state index >= 15 is 0 Å². The van der Waals surface area contributed by atoms with Gasteiger partial charge in [0.15, 0.2) is 0 Å². The van der Waals surface area contributed by atoms with Crippen molar-refractivity contribution in [2.75, 3.05) is 7.11 Å². The number of benzene rings is 2. The van der Waals surface area contributed by atoms with Gasteiger partial charge in [0, 0.05) is 47.2 Å². The summed E-state index contributed by atoms with van der Waals surface area (Å²) in [6.07, 6.45) is 5.03. The maximum atomic E-state index is 13.3. The molecule has 7 nitrogen and oxygen atoms in total. The molecular formula is C26H20ClN3O4. The van der Waals surface area contributed by atoms with Gasteiger partial charge in [-0.25, -0.2) is 0 Å². The average molecular weight is 474 g/mol. The summed E-state index contributed by atoms with van der Waals surface area (Å²) in [5.74, 6) is -1.30. The van der Waals surface area contributed by atoms with E-state index < -0.39 is 17.7 Å². The molecule has 8 heteroatoms. The third-order valence-electron chi connectivity index (χ3n) is 5.98. The van der Waals surface area contributed by atoms with E-state index in [2.05, 4.69) is 9.97 Å². The first-order chi connectivity index (χ1) is 16.5. The molecule has 5 rings (SSSR count). The molecule has 2 aromatic carbocycles. The summed E-state index contributed by atoms with van der Waals surface area (Å²) in [6.45, 7) is 0.178. The Balaban J connectivity index is 1.70. The van der Waals surface area contributed by atoms with E-state index in [4.69, 9.17) is 16.3 Å². The Morgan fingerprint density at radius 2 is 1.91 bits per heavy atom. The number of nitrogens with one attached hydrogen (secondary N) is 1. The number of hydrogen-bond acceptors (Lipinski definition) is 5. The average Bonchev–Trinajstić information content (AvgIpc) is 3.38. The minimum atomic E-state index is -0.801. The largest absolute Gasteiger partial charge is 0.507 e. The first kappa shape index (κ1) is 21.7. The smallest absolute Gasteiger partial charge is 0.295 e. The van der Waals surface area contributed by atoms with Crippen LogP contribution in [-0.4, -0.2) is 38.8 Å². The normalized spacial score (nSPS) is 17.5. The number of halogens is 1. The lowest BCUT2D eigenvalue weighted by Crippen LogP contribution is -2.29. The Morgan fingerprint density at radius 1 is 1.15 bits per heavy atom. The number of ketones is 1. The van der Waals surface area contributed by atoms with Gasteiger partial charge in [-0.05, 0) is 42.0 Å². The number of aliphatic hydroxyl groups is 1. The van der Waals surface area contributed by atoms with Crippen LogP contribution in [0.2, 0.25) is 5.02 Å². The van der Waals surface area contributed by atoms with Gasteiger partial charge in [-0.15, -0.1) is 0 Å². The second kappa shape index (κ2) is 8.68. The number of fused-ring (bicyclic) bond motifs is 1. The van der Waals surface area contributed by atoms with E-state index in [0.29, 0.717) is 16.9 Å². The van der Waals surface area contributed by atoms with Crippen LogP contribution in [0, 0.1) is 0 Å². The van der Waals surface area contributed by atoms with Crippen molar-refractivity contribution in [3.63, 3.8) is 0 Å². The minimum absolute atomic E-state index is 0.00467. The van der Waals surface area contributed by atoms with Gasteiger partial charge in [0.1, 0.15) is 11.5 Å². The standard InChI is InChI=1S/C26H20ClN3O4/c1-34-21-7-6-16(12-19(21)27)24(31)22-23(18-13-29-20-5-3-2-4-17(18)20)30(26(33)25(22)32)14-15-8-10-28-11-9-15/h2-13,23,29,31H,14H2,1H3/b24-22+. The fourth-order valence-corrected chi connectivity index (χ4v) is 4.60. The molecule has 170 valence electrons. The van der Waals surface area contributed by atoms with Gasteiger partial charge in [-0.1, -0.05) is 29.8 Å². The van der Waals surface area contributed by atoms with E-state index in [9.17, 15) is 14.7 Å². The molecule has 1 aliphatic rings. The maximum Gasteiger partial charge on any atom is 0.295 e. The number of aromatic nitrogens is 2. The predicted octanol–water partition coefficient (Wildman–Crippen LogP) is 4.85. The van der Waals surface area contributed by atoms with Crippen molar-refractivity contribution in [1.29, 1.82) is 0 Å². The van der Waals surface area contributed by atoms with Crippen molar-refractivity contribution in [3.05, 3.63) is 100 Å². The number of para-hydroxylation sites is 1. The predicted molar refractivity (Wildman–Crippen MR) is 128 cm³/mol. The topological polar surface area (TPSA) is 95.5 Å². The molecule has 0 radical (unpaired) electrons. The summed E-state index contributed by atoms with van der Waals surface area (Å²) < 4.78 is 5.19. The van der Waals surface area contributed by atoms with E-state index in [1.807, 2.05) is 24.3 Å². The fraction of sp³-hybridized carbons (Fsp3) is 0.115. The summed E-state index contributed by atoms with van der Waals surface area (Å²) in [5.41, 5.74) is 2.71. The first-order valence-corrected chi connectivity index (χ1v) is 10.9. The number of likely N-dealkylation sites (tertiary alicyclic amines) is 1. The Labute approximate surface area is 200 Å². The number of nitrogens with zero attached hydrogens (tertiary/aromatic N) is 2. The zero-order chi connectivity index (χ0) is 23.8. The lowest BCUT2D eigenvalue weighted by atomic mass is 9.94. The first-order valence-electron chi connectivity index (χ1n) is 10.6. The molecule has 0 bridgehead atoms. The van der Waals surface area contributed by atoms with Crippen molar-refractivity contribution in [3.8, 4) is 5.75 Å². The Hall–Kier alpha value is -4.10. The number of Topliss-reactive ketones (excluding diaryl/α,β-unsaturated/α-hetero) is 1. The molecule has 1 fully saturated rings. The van der Waals surface area contributed by atoms with Crippen LogP contribution in [0.1, 0.15) is 22.7 Å². The molecule has 1 saturated heterocycles. The number of carbonyl (C=O) groups is 2. The minimum Gasteiger partial charge on any atom is -0.507 e. The molecule has 0 saturated carbocycles. The highest BCUT2D eigenvalue weighted by Crippen LogP contribution is 2.43. The number of amides is 1. The van der Waals surface area contributed by atoms with Gasteiger partial charge in [0.05, 0.1) is 23.7 Å². The molecule has 2 N–H and O–H groups in total. The van der Waals surface area contributed by atoms with Crippen molar-refractivity contribution >= 4 is 40.0 Å². The summed E-state index contributed by atoms with van der Waals surface area (Å²) in [5, 5.41) is 12.4. The second-order valence-electron chi connectivity index (χ2n) is 7.92. The Kier molecular flexibility index (Phi) is 5.55. The van der Waals surface area contributed by atoms with E-state index in [1.54, 1.807) is 42.9 Å². The number of methoxy groups -OCH3 is 1. The number of rotatable bonds is 5. The molecule has 1 atom stereocenters. The number of H-pyrrole nitrogens is 1. The molecular weight excluding hydrogens is 454 g/mol. The van der Waals surface area contributed by atoms with Crippen LogP contribution in [0.25, 0.3) is 16.7 Å². The van der Waals surface area contributed by atoms with Crippen molar-refractivity contribution < 1.29 is 19.4 Å². The lowest BCUT2D eigenvalue weighted by Gasteiger charge is -2.25. The zero-order valence-corrected chi connectivity index (χ0v) is 18.9. The summed E-state index contributed by atoms with van der Waals surface area (Å²) in [6, 6.07) is 15.1. The zero-order valence-electron chi connectivity index (χ0n) is 18.2. The molecule has 1 unspecified atom stereocenters. The fourth-order valence-electron chi connectivity index (χ4n) is 4.34. The number of pyridine rings is 1. The Morgan fingerprint density at radius 3 is 2.65 bits per heavy atom. The van der Waals surface area contributed by atoms with Crippen molar-refractivity contribution in [2.24, 2.45) is 0 Å². The van der Waals surface area contributed by atoms with Gasteiger partial charge in [0.2, 0.25) is 0 Å². The number of aromatic amines is 1. The maximum absolute atomic E-state index is 13.3. The molecule has 0 spiro atoms. The van der Waals surface area contributed by atoms with E-state index in [0.717, 1.165) is 16.5 Å². The second-order valence-corrected chi connectivity index (χ2v) is 8.33. The monoisotopic (exact) mass is 473 g/mol. The van der Waals surface area contributed by atoms with Gasteiger partial charge in [0.25, 0.3) is 11.7 Å². The number of hydrogen-bond donors (Lipinski definition) is 2. The van der Waals surface area contributed by atoms with Crippen LogP contribution >= 0.6 is 11.6 Å². The molecule has 34 heavy (non-hydrogen) atoms. The quantitative estimate of drug-likeness (QED) is 0.245. The van der Waals surface area contributed by atoms with E-state index in [1.165, 1.54) is 18.1 Å². The van der Waals surface area contributed by atoms with Crippen molar-refractivity contribution in [1.82, 2.24) is 14.9 Å². The van der Waals surface area contributed by atoms with Gasteiger partial charge in [-0.3, -0.25) is 14.6 Å². The Bertz CT molecular complexity index is 1440. The number of ether oxygens (including phenoxy) is 1. The van der Waals surface area contributed by atoms with Gasteiger partial charge in [-0.2, -0.15) is 0 Å². The highest BCUT2D eigenvalue weighted by Gasteiger charge is 2.46.